The molecule has 0 radical (unpaired) electrons. The number of benzene rings is 3. The van der Waals surface area contributed by atoms with Gasteiger partial charge in [0.1, 0.15) is 6.04 Å². The predicted molar refractivity (Wildman–Crippen MR) is 171 cm³/mol. The average Bonchev–Trinajstić information content (AvgIpc) is 2.96. The molecule has 0 unspecified atom stereocenters. The monoisotopic (exact) mass is 611 g/mol. The zero-order valence-electron chi connectivity index (χ0n) is 24.9. The van der Waals surface area contributed by atoms with Crippen LogP contribution in [0.3, 0.4) is 0 Å². The van der Waals surface area contributed by atoms with E-state index in [0.29, 0.717) is 23.7 Å². The third kappa shape index (κ3) is 9.88. The lowest BCUT2D eigenvalue weighted by Gasteiger charge is -2.32. The highest BCUT2D eigenvalue weighted by molar-refractivity contribution is 7.92. The van der Waals surface area contributed by atoms with Crippen molar-refractivity contribution < 1.29 is 18.0 Å². The summed E-state index contributed by atoms with van der Waals surface area (Å²) in [6, 6.07) is 23.5. The summed E-state index contributed by atoms with van der Waals surface area (Å²) in [4.78, 5) is 29.1. The first-order valence-corrected chi connectivity index (χ1v) is 16.6. The van der Waals surface area contributed by atoms with Crippen molar-refractivity contribution in [2.75, 3.05) is 23.7 Å². The molecule has 7 nitrogen and oxygen atoms in total. The molecule has 0 aliphatic rings. The van der Waals surface area contributed by atoms with Crippen molar-refractivity contribution in [2.24, 2.45) is 5.92 Å². The lowest BCUT2D eigenvalue weighted by Crippen LogP contribution is -2.51. The van der Waals surface area contributed by atoms with Crippen LogP contribution in [0.2, 0.25) is 5.02 Å². The highest BCUT2D eigenvalue weighted by atomic mass is 35.5. The molecule has 1 N–H and O–H groups in total. The molecule has 9 heteroatoms. The fourth-order valence-electron chi connectivity index (χ4n) is 4.69. The SMILES string of the molecule is CCc1ccc(N(CCCC(=O)N(Cc2ccccc2Cl)[C@H](Cc2ccccc2)C(=O)NCC(C)C)S(C)(=O)=O)cc1. The number of hydrogen-bond acceptors (Lipinski definition) is 4. The number of anilines is 1. The number of aryl methyl sites for hydroxylation is 1. The summed E-state index contributed by atoms with van der Waals surface area (Å²) >= 11 is 6.49. The van der Waals surface area contributed by atoms with Crippen LogP contribution in [-0.4, -0.2) is 50.5 Å². The van der Waals surface area contributed by atoms with Crippen molar-refractivity contribution in [1.82, 2.24) is 10.2 Å². The average molecular weight is 612 g/mol. The van der Waals surface area contributed by atoms with Gasteiger partial charge in [-0.25, -0.2) is 8.42 Å². The van der Waals surface area contributed by atoms with E-state index in [4.69, 9.17) is 11.6 Å². The molecule has 3 aromatic rings. The van der Waals surface area contributed by atoms with Crippen LogP contribution in [0, 0.1) is 5.92 Å². The topological polar surface area (TPSA) is 86.8 Å². The zero-order chi connectivity index (χ0) is 30.7. The van der Waals surface area contributed by atoms with Crippen molar-refractivity contribution in [3.8, 4) is 0 Å². The normalized spacial score (nSPS) is 12.1. The molecule has 0 spiro atoms. The number of nitrogens with one attached hydrogen (secondary N) is 1. The maximum Gasteiger partial charge on any atom is 0.243 e. The van der Waals surface area contributed by atoms with Gasteiger partial charge in [0.25, 0.3) is 0 Å². The Bertz CT molecular complexity index is 1410. The molecule has 1 atom stereocenters. The largest absolute Gasteiger partial charge is 0.354 e. The minimum Gasteiger partial charge on any atom is -0.354 e. The standard InChI is InChI=1S/C33H42ClN3O4S/c1-5-26-17-19-29(20-18-26)37(42(4,40)41)21-11-16-32(38)36(24-28-14-9-10-15-30(28)34)31(33(39)35-23-25(2)3)22-27-12-7-6-8-13-27/h6-10,12-15,17-20,25,31H,5,11,16,21-24H2,1-4H3,(H,35,39)/t31-/m1/s1. The van der Waals surface area contributed by atoms with E-state index in [9.17, 15) is 18.0 Å². The Morgan fingerprint density at radius 2 is 1.55 bits per heavy atom. The van der Waals surface area contributed by atoms with Gasteiger partial charge in [0.05, 0.1) is 11.9 Å². The fraction of sp³-hybridized carbons (Fsp3) is 0.394. The van der Waals surface area contributed by atoms with Gasteiger partial charge < -0.3 is 10.2 Å². The molecule has 3 rings (SSSR count). The van der Waals surface area contributed by atoms with Crippen LogP contribution in [-0.2, 0) is 39.0 Å². The quantitative estimate of drug-likeness (QED) is 0.233. The van der Waals surface area contributed by atoms with Gasteiger partial charge in [-0.05, 0) is 53.6 Å². The van der Waals surface area contributed by atoms with E-state index in [0.717, 1.165) is 23.1 Å². The van der Waals surface area contributed by atoms with Gasteiger partial charge in [-0.3, -0.25) is 13.9 Å². The summed E-state index contributed by atoms with van der Waals surface area (Å²) in [6.07, 6.45) is 2.70. The van der Waals surface area contributed by atoms with Gasteiger partial charge in [-0.2, -0.15) is 0 Å². The summed E-state index contributed by atoms with van der Waals surface area (Å²) in [5, 5.41) is 3.52. The molecule has 0 bridgehead atoms. The second-order valence-corrected chi connectivity index (χ2v) is 13.2. The number of rotatable bonds is 15. The Morgan fingerprint density at radius 3 is 2.14 bits per heavy atom. The number of carbonyl (C=O) groups is 2. The van der Waals surface area contributed by atoms with Crippen molar-refractivity contribution in [3.63, 3.8) is 0 Å². The summed E-state index contributed by atoms with van der Waals surface area (Å²) in [7, 11) is -3.57. The highest BCUT2D eigenvalue weighted by Gasteiger charge is 2.31. The molecule has 0 aliphatic carbocycles. The lowest BCUT2D eigenvalue weighted by atomic mass is 10.0. The molecule has 0 saturated heterocycles. The van der Waals surface area contributed by atoms with Gasteiger partial charge in [0.15, 0.2) is 0 Å². The first kappa shape index (κ1) is 33.1. The van der Waals surface area contributed by atoms with Gasteiger partial charge >= 0.3 is 0 Å². The van der Waals surface area contributed by atoms with Crippen LogP contribution in [0.4, 0.5) is 5.69 Å². The molecule has 3 aromatic carbocycles. The van der Waals surface area contributed by atoms with Crippen LogP contribution in [0.1, 0.15) is 50.3 Å². The number of nitrogens with zero attached hydrogens (tertiary/aromatic N) is 2. The van der Waals surface area contributed by atoms with Crippen molar-refractivity contribution in [3.05, 3.63) is 101 Å². The minimum atomic E-state index is -3.57. The highest BCUT2D eigenvalue weighted by Crippen LogP contribution is 2.23. The Hall–Kier alpha value is -3.36. The number of carbonyl (C=O) groups excluding carboxylic acids is 2. The Labute approximate surface area is 255 Å². The summed E-state index contributed by atoms with van der Waals surface area (Å²) in [6.45, 7) is 6.85. The van der Waals surface area contributed by atoms with Gasteiger partial charge in [0.2, 0.25) is 21.8 Å². The van der Waals surface area contributed by atoms with E-state index in [-0.39, 0.29) is 43.7 Å². The van der Waals surface area contributed by atoms with E-state index >= 15 is 0 Å². The Morgan fingerprint density at radius 1 is 0.905 bits per heavy atom. The number of hydrogen-bond donors (Lipinski definition) is 1. The van der Waals surface area contributed by atoms with Crippen molar-refractivity contribution in [2.45, 2.75) is 59.0 Å². The van der Waals surface area contributed by atoms with Crippen molar-refractivity contribution in [1.29, 1.82) is 0 Å². The molecular weight excluding hydrogens is 570 g/mol. The molecule has 0 aliphatic heterocycles. The Balaban J connectivity index is 1.88. The predicted octanol–water partition coefficient (Wildman–Crippen LogP) is 5.86. The fourth-order valence-corrected chi connectivity index (χ4v) is 5.85. The maximum absolute atomic E-state index is 13.9. The third-order valence-corrected chi connectivity index (χ3v) is 8.60. The van der Waals surface area contributed by atoms with Gasteiger partial charge in [-0.15, -0.1) is 0 Å². The maximum atomic E-state index is 13.9. The molecule has 0 aromatic heterocycles. The molecule has 0 fully saturated rings. The number of amides is 2. The molecule has 226 valence electrons. The molecular formula is C33H42ClN3O4S. The van der Waals surface area contributed by atoms with Crippen LogP contribution in [0.5, 0.6) is 0 Å². The molecule has 2 amide bonds. The molecule has 42 heavy (non-hydrogen) atoms. The van der Waals surface area contributed by atoms with Crippen LogP contribution in [0.15, 0.2) is 78.9 Å². The second-order valence-electron chi connectivity index (χ2n) is 10.9. The molecule has 0 saturated carbocycles. The second kappa shape index (κ2) is 15.8. The van der Waals surface area contributed by atoms with Crippen molar-refractivity contribution >= 4 is 39.1 Å². The van der Waals surface area contributed by atoms with E-state index < -0.39 is 16.1 Å². The third-order valence-electron chi connectivity index (χ3n) is 7.04. The molecule has 0 heterocycles. The van der Waals surface area contributed by atoms with E-state index in [2.05, 4.69) is 5.32 Å². The smallest absolute Gasteiger partial charge is 0.243 e. The summed E-state index contributed by atoms with van der Waals surface area (Å²) in [5.41, 5.74) is 3.33. The number of halogens is 1. The van der Waals surface area contributed by atoms with E-state index in [1.165, 1.54) is 10.6 Å². The van der Waals surface area contributed by atoms with E-state index in [1.54, 1.807) is 23.1 Å². The van der Waals surface area contributed by atoms with Gasteiger partial charge in [-0.1, -0.05) is 93.0 Å². The van der Waals surface area contributed by atoms with Crippen LogP contribution < -0.4 is 9.62 Å². The summed E-state index contributed by atoms with van der Waals surface area (Å²) < 4.78 is 26.7. The first-order chi connectivity index (χ1) is 20.0. The number of sulfonamides is 1. The van der Waals surface area contributed by atoms with E-state index in [1.807, 2.05) is 81.4 Å². The van der Waals surface area contributed by atoms with Crippen LogP contribution in [0.25, 0.3) is 0 Å². The lowest BCUT2D eigenvalue weighted by molar-refractivity contribution is -0.141. The van der Waals surface area contributed by atoms with Gasteiger partial charge in [0, 0.05) is 37.5 Å². The summed E-state index contributed by atoms with van der Waals surface area (Å²) in [5.74, 6) is -0.237. The zero-order valence-corrected chi connectivity index (χ0v) is 26.5. The minimum absolute atomic E-state index is 0.0618. The Kier molecular flexibility index (Phi) is 12.4. The van der Waals surface area contributed by atoms with Crippen LogP contribution >= 0.6 is 11.6 Å². The first-order valence-electron chi connectivity index (χ1n) is 14.4.